The number of aryl methyl sites for hydroxylation is 2. The van der Waals surface area contributed by atoms with Crippen LogP contribution in [0, 0.1) is 13.8 Å². The molecule has 0 aliphatic carbocycles. The highest BCUT2D eigenvalue weighted by Crippen LogP contribution is 2.34. The first-order chi connectivity index (χ1) is 18.6. The minimum Gasteiger partial charge on any atom is -0.444 e. The number of alkyl carbamates (subject to hydrolysis) is 1. The van der Waals surface area contributed by atoms with Crippen molar-refractivity contribution < 1.29 is 19.1 Å². The van der Waals surface area contributed by atoms with Crippen molar-refractivity contribution in [3.8, 4) is 0 Å². The molecule has 0 fully saturated rings. The summed E-state index contributed by atoms with van der Waals surface area (Å²) in [5.74, 6) is -0.713. The lowest BCUT2D eigenvalue weighted by molar-refractivity contribution is -0.147. The number of amides is 3. The van der Waals surface area contributed by atoms with Gasteiger partial charge in [-0.15, -0.1) is 0 Å². The Morgan fingerprint density at radius 1 is 0.875 bits per heavy atom. The molecule has 0 bridgehead atoms. The minimum absolute atomic E-state index is 0.334. The van der Waals surface area contributed by atoms with Crippen LogP contribution in [-0.4, -0.2) is 40.0 Å². The Morgan fingerprint density at radius 3 is 2.05 bits per heavy atom. The fourth-order valence-electron chi connectivity index (χ4n) is 4.76. The van der Waals surface area contributed by atoms with E-state index in [4.69, 9.17) is 4.74 Å². The van der Waals surface area contributed by atoms with Crippen LogP contribution in [0.4, 0.5) is 10.5 Å². The highest BCUT2D eigenvalue weighted by Gasteiger charge is 2.42. The Kier molecular flexibility index (Phi) is 9.28. The molecule has 214 valence electrons. The molecule has 0 spiro atoms. The van der Waals surface area contributed by atoms with Crippen molar-refractivity contribution in [1.29, 1.82) is 0 Å². The molecule has 7 nitrogen and oxygen atoms in total. The molecule has 0 radical (unpaired) electrons. The Bertz CT molecular complexity index is 1370. The van der Waals surface area contributed by atoms with Gasteiger partial charge in [-0.3, -0.25) is 9.59 Å². The van der Waals surface area contributed by atoms with E-state index in [0.29, 0.717) is 17.7 Å². The standard InChI is InChI=1S/C33H43N3O4/c1-10-33(8,9)36(30(38)23(4)34-31(39)40-32(5,6)7)28(26-18-21(2)17-22(3)19-26)29(37)35-27-16-15-24-13-11-12-14-25(24)20-27/h11-20,23,28H,10H2,1-9H3,(H,34,39)(H,35,37). The summed E-state index contributed by atoms with van der Waals surface area (Å²) < 4.78 is 5.39. The third kappa shape index (κ3) is 7.62. The summed E-state index contributed by atoms with van der Waals surface area (Å²) in [6.07, 6.45) is -0.103. The van der Waals surface area contributed by atoms with Gasteiger partial charge >= 0.3 is 6.09 Å². The summed E-state index contributed by atoms with van der Waals surface area (Å²) in [5.41, 5.74) is 1.88. The number of hydrogen-bond donors (Lipinski definition) is 2. The molecule has 0 aliphatic rings. The Hall–Kier alpha value is -3.87. The van der Waals surface area contributed by atoms with Gasteiger partial charge in [0.15, 0.2) is 0 Å². The highest BCUT2D eigenvalue weighted by molar-refractivity contribution is 6.00. The van der Waals surface area contributed by atoms with E-state index in [1.807, 2.05) is 95.3 Å². The lowest BCUT2D eigenvalue weighted by Gasteiger charge is -2.44. The molecule has 7 heteroatoms. The number of hydrogen-bond acceptors (Lipinski definition) is 4. The number of rotatable bonds is 8. The molecular weight excluding hydrogens is 502 g/mol. The zero-order chi connectivity index (χ0) is 29.8. The quantitative estimate of drug-likeness (QED) is 0.317. The summed E-state index contributed by atoms with van der Waals surface area (Å²) in [5, 5.41) is 7.80. The first kappa shape index (κ1) is 30.7. The van der Waals surface area contributed by atoms with Gasteiger partial charge in [0.2, 0.25) is 5.91 Å². The summed E-state index contributed by atoms with van der Waals surface area (Å²) >= 11 is 0. The molecule has 2 atom stereocenters. The predicted octanol–water partition coefficient (Wildman–Crippen LogP) is 7.07. The zero-order valence-electron chi connectivity index (χ0n) is 25.2. The third-order valence-corrected chi connectivity index (χ3v) is 6.94. The maximum atomic E-state index is 14.2. The van der Waals surface area contributed by atoms with E-state index in [2.05, 4.69) is 10.6 Å². The largest absolute Gasteiger partial charge is 0.444 e. The molecule has 0 aliphatic heterocycles. The van der Waals surface area contributed by atoms with Crippen LogP contribution in [0.3, 0.4) is 0 Å². The molecule has 2 unspecified atom stereocenters. The fourth-order valence-corrected chi connectivity index (χ4v) is 4.76. The van der Waals surface area contributed by atoms with Crippen LogP contribution in [0.5, 0.6) is 0 Å². The van der Waals surface area contributed by atoms with E-state index in [0.717, 1.165) is 21.9 Å². The number of carbonyl (C=O) groups is 3. The van der Waals surface area contributed by atoms with Gasteiger partial charge in [-0.1, -0.05) is 66.6 Å². The topological polar surface area (TPSA) is 87.7 Å². The number of fused-ring (bicyclic) bond motifs is 1. The van der Waals surface area contributed by atoms with E-state index in [1.165, 1.54) is 0 Å². The lowest BCUT2D eigenvalue weighted by Crippen LogP contribution is -2.58. The van der Waals surface area contributed by atoms with Crippen LogP contribution in [0.1, 0.15) is 77.6 Å². The minimum atomic E-state index is -0.949. The molecule has 2 N–H and O–H groups in total. The van der Waals surface area contributed by atoms with Gasteiger partial charge in [-0.05, 0) is 90.3 Å². The molecule has 3 aromatic rings. The van der Waals surface area contributed by atoms with Crippen LogP contribution in [0.25, 0.3) is 10.8 Å². The van der Waals surface area contributed by atoms with Crippen LogP contribution in [0.2, 0.25) is 0 Å². The third-order valence-electron chi connectivity index (χ3n) is 6.94. The predicted molar refractivity (Wildman–Crippen MR) is 161 cm³/mol. The first-order valence-corrected chi connectivity index (χ1v) is 13.8. The van der Waals surface area contributed by atoms with Crippen molar-refractivity contribution in [3.63, 3.8) is 0 Å². The maximum Gasteiger partial charge on any atom is 0.408 e. The Labute approximate surface area is 238 Å². The molecule has 0 heterocycles. The second-order valence-electron chi connectivity index (χ2n) is 12.1. The second kappa shape index (κ2) is 12.1. The van der Waals surface area contributed by atoms with Gasteiger partial charge < -0.3 is 20.3 Å². The van der Waals surface area contributed by atoms with E-state index >= 15 is 0 Å². The summed E-state index contributed by atoms with van der Waals surface area (Å²) in [6.45, 7) is 16.7. The van der Waals surface area contributed by atoms with Gasteiger partial charge in [0.25, 0.3) is 5.91 Å². The first-order valence-electron chi connectivity index (χ1n) is 13.8. The number of nitrogens with one attached hydrogen (secondary N) is 2. The van der Waals surface area contributed by atoms with Crippen LogP contribution in [0.15, 0.2) is 60.7 Å². The molecular formula is C33H43N3O4. The summed E-state index contributed by atoms with van der Waals surface area (Å²) in [4.78, 5) is 42.5. The normalized spacial score (nSPS) is 13.3. The summed E-state index contributed by atoms with van der Waals surface area (Å²) in [6, 6.07) is 17.7. The van der Waals surface area contributed by atoms with E-state index in [1.54, 1.807) is 32.6 Å². The Morgan fingerprint density at radius 2 is 1.48 bits per heavy atom. The van der Waals surface area contributed by atoms with Crippen molar-refractivity contribution in [1.82, 2.24) is 10.2 Å². The molecule has 0 saturated carbocycles. The smallest absolute Gasteiger partial charge is 0.408 e. The van der Waals surface area contributed by atoms with E-state index in [9.17, 15) is 14.4 Å². The number of ether oxygens (including phenoxy) is 1. The van der Waals surface area contributed by atoms with E-state index in [-0.39, 0.29) is 11.8 Å². The number of anilines is 1. The van der Waals surface area contributed by atoms with Crippen molar-refractivity contribution in [2.45, 2.75) is 92.0 Å². The SMILES string of the molecule is CCC(C)(C)N(C(=O)C(C)NC(=O)OC(C)(C)C)C(C(=O)Nc1ccc2ccccc2c1)c1cc(C)cc(C)c1. The van der Waals surface area contributed by atoms with Crippen molar-refractivity contribution in [3.05, 3.63) is 77.4 Å². The van der Waals surface area contributed by atoms with Crippen molar-refractivity contribution in [2.75, 3.05) is 5.32 Å². The molecule has 40 heavy (non-hydrogen) atoms. The number of benzene rings is 3. The van der Waals surface area contributed by atoms with Crippen LogP contribution >= 0.6 is 0 Å². The lowest BCUT2D eigenvalue weighted by atomic mass is 9.91. The Balaban J connectivity index is 2.07. The highest BCUT2D eigenvalue weighted by atomic mass is 16.6. The zero-order valence-corrected chi connectivity index (χ0v) is 25.2. The average molecular weight is 546 g/mol. The molecule has 3 aromatic carbocycles. The van der Waals surface area contributed by atoms with Gasteiger partial charge in [-0.25, -0.2) is 4.79 Å². The molecule has 3 rings (SSSR count). The van der Waals surface area contributed by atoms with Gasteiger partial charge in [0.05, 0.1) is 0 Å². The average Bonchev–Trinajstić information content (AvgIpc) is 2.84. The van der Waals surface area contributed by atoms with Gasteiger partial charge in [0, 0.05) is 11.2 Å². The fraction of sp³-hybridized carbons (Fsp3) is 0.424. The van der Waals surface area contributed by atoms with Crippen LogP contribution < -0.4 is 10.6 Å². The molecule has 0 saturated heterocycles. The molecule has 3 amide bonds. The monoisotopic (exact) mass is 545 g/mol. The second-order valence-corrected chi connectivity index (χ2v) is 12.1. The van der Waals surface area contributed by atoms with Crippen molar-refractivity contribution >= 4 is 34.4 Å². The number of nitrogens with zero attached hydrogens (tertiary/aromatic N) is 1. The summed E-state index contributed by atoms with van der Waals surface area (Å²) in [7, 11) is 0. The van der Waals surface area contributed by atoms with E-state index < -0.39 is 29.3 Å². The van der Waals surface area contributed by atoms with Crippen molar-refractivity contribution in [2.24, 2.45) is 0 Å². The van der Waals surface area contributed by atoms with Gasteiger partial charge in [-0.2, -0.15) is 0 Å². The van der Waals surface area contributed by atoms with Gasteiger partial charge in [0.1, 0.15) is 17.7 Å². The van der Waals surface area contributed by atoms with Crippen LogP contribution in [-0.2, 0) is 14.3 Å². The molecule has 0 aromatic heterocycles. The maximum absolute atomic E-state index is 14.2. The number of carbonyl (C=O) groups excluding carboxylic acids is 3.